The molecule has 0 aromatic rings. The van der Waals surface area contributed by atoms with Crippen LogP contribution in [-0.2, 0) is 0 Å². The fourth-order valence-electron chi connectivity index (χ4n) is 0. The largest absolute Gasteiger partial charge is 1.00 e. The van der Waals surface area contributed by atoms with Gasteiger partial charge in [0.25, 0.3) is 0 Å². The van der Waals surface area contributed by atoms with Crippen molar-refractivity contribution in [1.29, 1.82) is 0 Å². The van der Waals surface area contributed by atoms with Crippen LogP contribution in [0.25, 0.3) is 0 Å². The number of nitrogens with zero attached hydrogens (tertiary/aromatic N) is 1. The van der Waals surface area contributed by atoms with Crippen molar-refractivity contribution in [1.82, 2.24) is 11.1 Å². The minimum atomic E-state index is 0. The summed E-state index contributed by atoms with van der Waals surface area (Å²) in [5, 5.41) is 0. The van der Waals surface area contributed by atoms with Crippen LogP contribution >= 0.6 is 24.0 Å². The molecule has 0 fully saturated rings. The van der Waals surface area contributed by atoms with Gasteiger partial charge in [-0.05, 0) is 27.9 Å². The van der Waals surface area contributed by atoms with Crippen molar-refractivity contribution < 1.29 is 51.4 Å². The molecule has 2 nitrogen and oxygen atoms in total. The fraction of sp³-hybridized carbons (Fsp3) is 0.778. The maximum atomic E-state index is 2.17. The van der Waals surface area contributed by atoms with Crippen molar-refractivity contribution in [2.75, 3.05) is 14.1 Å². The quantitative estimate of drug-likeness (QED) is 0.440. The number of hydrogen-bond donors (Lipinski definition) is 1. The predicted octanol–water partition coefficient (Wildman–Crippen LogP) is 0.913. The molecule has 0 bridgehead atoms. The minimum absolute atomic E-state index is 0. The van der Waals surface area contributed by atoms with Gasteiger partial charge < -0.3 is 25.9 Å². The number of hydrogen-bond acceptors (Lipinski definition) is 2. The van der Waals surface area contributed by atoms with Crippen LogP contribution in [-0.4, -0.2) is 25.0 Å². The minimum Gasteiger partial charge on any atom is -0.358 e. The van der Waals surface area contributed by atoms with Gasteiger partial charge in [-0.25, -0.2) is 0 Å². The Balaban J connectivity index is -0.00000000595. The van der Waals surface area contributed by atoms with E-state index in [1.807, 2.05) is 0 Å². The summed E-state index contributed by atoms with van der Waals surface area (Å²) < 4.78 is 0. The van der Waals surface area contributed by atoms with E-state index in [0.29, 0.717) is 6.04 Å². The van der Waals surface area contributed by atoms with E-state index in [1.54, 1.807) is 0 Å². The molecule has 0 rings (SSSR count). The molecule has 0 spiro atoms. The van der Waals surface area contributed by atoms with Gasteiger partial charge in [0.2, 0.25) is 0 Å². The van der Waals surface area contributed by atoms with Crippen LogP contribution in [0.4, 0.5) is 0 Å². The first-order valence-corrected chi connectivity index (χ1v) is 2.31. The molecule has 86 valence electrons. The van der Waals surface area contributed by atoms with Gasteiger partial charge in [-0.15, -0.1) is 24.0 Å². The van der Waals surface area contributed by atoms with Crippen LogP contribution in [0.1, 0.15) is 28.7 Å². The standard InChI is InChI=1S/C5H13N.2CH4.2CH3.HI.K.H3N/c1-5(2)6(3)4;;;;;;;/h5H,1-4H3;2*1H4;2*1H3;1H;;1H3/q;;;2*-1;;+1;. The molecule has 0 radical (unpaired) electrons. The van der Waals surface area contributed by atoms with E-state index in [4.69, 9.17) is 0 Å². The van der Waals surface area contributed by atoms with Crippen LogP contribution in [0.2, 0.25) is 0 Å². The predicted molar refractivity (Wildman–Crippen MR) is 75.6 cm³/mol. The van der Waals surface area contributed by atoms with Gasteiger partial charge in [-0.2, -0.15) is 0 Å². The monoisotopic (exact) mass is 333 g/mol. The summed E-state index contributed by atoms with van der Waals surface area (Å²) in [6.45, 7) is 4.33. The third kappa shape index (κ3) is 54.6. The Hall–Kier alpha value is 2.29. The van der Waals surface area contributed by atoms with Crippen molar-refractivity contribution in [3.8, 4) is 0 Å². The molecule has 4 heteroatoms. The molecule has 0 aliphatic rings. The SMILES string of the molecule is C.C.CC(C)N(C)C.I.N.[CH3-].[CH3-].[K+]. The van der Waals surface area contributed by atoms with Crippen LogP contribution in [0, 0.1) is 14.9 Å². The Bertz CT molecular complexity index is 38.6. The first-order valence-electron chi connectivity index (χ1n) is 2.31. The topological polar surface area (TPSA) is 38.2 Å². The zero-order valence-electron chi connectivity index (χ0n) is 9.14. The molecule has 0 aromatic carbocycles. The molecule has 0 aliphatic carbocycles. The maximum Gasteiger partial charge on any atom is 1.00 e. The summed E-state index contributed by atoms with van der Waals surface area (Å²) in [5.74, 6) is 0. The Morgan fingerprint density at radius 2 is 1.00 bits per heavy atom. The third-order valence-corrected chi connectivity index (χ3v) is 1.03. The van der Waals surface area contributed by atoms with Gasteiger partial charge >= 0.3 is 51.4 Å². The first-order chi connectivity index (χ1) is 2.64. The molecule has 0 unspecified atom stereocenters. The summed E-state index contributed by atoms with van der Waals surface area (Å²) in [5.41, 5.74) is 0. The van der Waals surface area contributed by atoms with E-state index < -0.39 is 0 Å². The summed E-state index contributed by atoms with van der Waals surface area (Å²) in [7, 11) is 4.15. The van der Waals surface area contributed by atoms with E-state index in [2.05, 4.69) is 32.8 Å². The first kappa shape index (κ1) is 58.8. The second kappa shape index (κ2) is 36.7. The molecule has 0 saturated carbocycles. The van der Waals surface area contributed by atoms with Crippen LogP contribution in [0.3, 0.4) is 0 Å². The molecule has 0 atom stereocenters. The van der Waals surface area contributed by atoms with E-state index in [1.165, 1.54) is 0 Å². The van der Waals surface area contributed by atoms with E-state index in [-0.39, 0.29) is 111 Å². The average molecular weight is 333 g/mol. The van der Waals surface area contributed by atoms with Crippen LogP contribution < -0.4 is 57.5 Å². The van der Waals surface area contributed by atoms with Crippen molar-refractivity contribution in [2.24, 2.45) is 0 Å². The van der Waals surface area contributed by atoms with Gasteiger partial charge in [0.1, 0.15) is 0 Å². The summed E-state index contributed by atoms with van der Waals surface area (Å²) in [4.78, 5) is 2.17. The van der Waals surface area contributed by atoms with Crippen LogP contribution in [0.5, 0.6) is 0 Å². The second-order valence-electron chi connectivity index (χ2n) is 2.06. The van der Waals surface area contributed by atoms with Gasteiger partial charge in [0.15, 0.2) is 0 Å². The Kier molecular flexibility index (Phi) is 166. The summed E-state index contributed by atoms with van der Waals surface area (Å²) in [6.07, 6.45) is 0. The zero-order chi connectivity index (χ0) is 5.15. The van der Waals surface area contributed by atoms with Gasteiger partial charge in [-0.3, -0.25) is 0 Å². The van der Waals surface area contributed by atoms with E-state index in [9.17, 15) is 0 Å². The average Bonchev–Trinajstić information content (AvgIpc) is 1.36. The Morgan fingerprint density at radius 3 is 1.00 bits per heavy atom. The molecule has 3 N–H and O–H groups in total. The number of halogens is 1. The summed E-state index contributed by atoms with van der Waals surface area (Å²) >= 11 is 0. The molecule has 0 saturated heterocycles. The van der Waals surface area contributed by atoms with Crippen molar-refractivity contribution in [3.05, 3.63) is 14.9 Å². The van der Waals surface area contributed by atoms with E-state index >= 15 is 0 Å². The van der Waals surface area contributed by atoms with Crippen molar-refractivity contribution in [2.45, 2.75) is 34.7 Å². The molecule has 0 amide bonds. The van der Waals surface area contributed by atoms with Gasteiger partial charge in [0.05, 0.1) is 0 Å². The van der Waals surface area contributed by atoms with E-state index in [0.717, 1.165) is 0 Å². The summed E-state index contributed by atoms with van der Waals surface area (Å²) in [6, 6.07) is 0.685. The molecule has 0 heterocycles. The van der Waals surface area contributed by atoms with Gasteiger partial charge in [0, 0.05) is 6.04 Å². The molecular weight excluding hydrogens is 302 g/mol. The van der Waals surface area contributed by atoms with Crippen molar-refractivity contribution >= 4 is 24.0 Å². The fourth-order valence-corrected chi connectivity index (χ4v) is 0. The molecule has 13 heavy (non-hydrogen) atoms. The maximum absolute atomic E-state index is 2.17. The third-order valence-electron chi connectivity index (χ3n) is 1.03. The molecule has 0 aromatic heterocycles. The van der Waals surface area contributed by atoms with Crippen molar-refractivity contribution in [3.63, 3.8) is 0 Å². The zero-order valence-corrected chi connectivity index (χ0v) is 14.6. The Labute approximate surface area is 148 Å². The van der Waals surface area contributed by atoms with Crippen LogP contribution in [0.15, 0.2) is 0 Å². The number of rotatable bonds is 1. The second-order valence-corrected chi connectivity index (χ2v) is 2.06. The molecular formula is C9H31IKN2-. The smallest absolute Gasteiger partial charge is 0.358 e. The Morgan fingerprint density at radius 1 is 0.923 bits per heavy atom. The van der Waals surface area contributed by atoms with Gasteiger partial charge in [-0.1, -0.05) is 14.9 Å². The molecule has 0 aliphatic heterocycles. The normalized spacial score (nSPS) is 5.08.